The third kappa shape index (κ3) is 5.87. The molecule has 0 bridgehead atoms. The van der Waals surface area contributed by atoms with Crippen LogP contribution >= 0.6 is 0 Å². The third-order valence-corrected chi connectivity index (χ3v) is 3.33. The van der Waals surface area contributed by atoms with Crippen molar-refractivity contribution in [2.24, 2.45) is 17.3 Å². The van der Waals surface area contributed by atoms with Gasteiger partial charge < -0.3 is 9.47 Å². The van der Waals surface area contributed by atoms with Crippen molar-refractivity contribution in [2.45, 2.75) is 53.4 Å². The van der Waals surface area contributed by atoms with E-state index in [9.17, 15) is 0 Å². The molecule has 1 aliphatic rings. The van der Waals surface area contributed by atoms with Gasteiger partial charge in [0.1, 0.15) is 0 Å². The van der Waals surface area contributed by atoms with Crippen LogP contribution in [0.5, 0.6) is 0 Å². The minimum absolute atomic E-state index is 0.243. The first-order valence-electron chi connectivity index (χ1n) is 7.19. The molecule has 0 radical (unpaired) electrons. The van der Waals surface area contributed by atoms with E-state index < -0.39 is 0 Å². The van der Waals surface area contributed by atoms with Crippen LogP contribution in [0.4, 0.5) is 0 Å². The Morgan fingerprint density at radius 3 is 1.59 bits per heavy atom. The topological polar surface area (TPSA) is 18.5 Å². The second kappa shape index (κ2) is 7.38. The van der Waals surface area contributed by atoms with E-state index in [2.05, 4.69) is 27.7 Å². The summed E-state index contributed by atoms with van der Waals surface area (Å²) >= 11 is 0. The van der Waals surface area contributed by atoms with Crippen molar-refractivity contribution in [2.75, 3.05) is 26.4 Å². The first kappa shape index (κ1) is 15.0. The van der Waals surface area contributed by atoms with Gasteiger partial charge in [-0.25, -0.2) is 0 Å². The van der Waals surface area contributed by atoms with Crippen molar-refractivity contribution in [1.29, 1.82) is 0 Å². The predicted octanol–water partition coefficient (Wildman–Crippen LogP) is 3.89. The highest BCUT2D eigenvalue weighted by Crippen LogP contribution is 2.35. The van der Waals surface area contributed by atoms with Gasteiger partial charge in [-0.15, -0.1) is 0 Å². The molecule has 0 atom stereocenters. The van der Waals surface area contributed by atoms with E-state index >= 15 is 0 Å². The van der Waals surface area contributed by atoms with Crippen LogP contribution in [0.2, 0.25) is 0 Å². The van der Waals surface area contributed by atoms with Crippen LogP contribution in [0, 0.1) is 17.3 Å². The summed E-state index contributed by atoms with van der Waals surface area (Å²) in [6.07, 6.45) is 4.70. The first-order chi connectivity index (χ1) is 8.04. The van der Waals surface area contributed by atoms with Crippen LogP contribution in [-0.2, 0) is 9.47 Å². The molecule has 1 fully saturated rings. The summed E-state index contributed by atoms with van der Waals surface area (Å²) in [6.45, 7) is 12.8. The summed E-state index contributed by atoms with van der Waals surface area (Å²) in [5.74, 6) is 1.42. The highest BCUT2D eigenvalue weighted by atomic mass is 16.5. The molecular formula is C15H30O2. The molecule has 0 aromatic heterocycles. The summed E-state index contributed by atoms with van der Waals surface area (Å²) in [7, 11) is 0. The lowest BCUT2D eigenvalue weighted by Gasteiger charge is -2.36. The average molecular weight is 242 g/mol. The molecule has 1 saturated heterocycles. The lowest BCUT2D eigenvalue weighted by molar-refractivity contribution is -0.0319. The number of rotatable bonds is 4. The monoisotopic (exact) mass is 242 g/mol. The smallest absolute Gasteiger partial charge is 0.0544 e. The van der Waals surface area contributed by atoms with E-state index in [4.69, 9.17) is 9.47 Å². The zero-order chi connectivity index (χ0) is 12.7. The van der Waals surface area contributed by atoms with E-state index in [0.29, 0.717) is 11.8 Å². The van der Waals surface area contributed by atoms with Crippen LogP contribution in [-0.4, -0.2) is 26.4 Å². The Morgan fingerprint density at radius 1 is 0.824 bits per heavy atom. The Balaban J connectivity index is 2.67. The summed E-state index contributed by atoms with van der Waals surface area (Å²) in [6, 6.07) is 0. The van der Waals surface area contributed by atoms with Gasteiger partial charge in [0, 0.05) is 18.6 Å². The molecule has 0 aromatic carbocycles. The quantitative estimate of drug-likeness (QED) is 0.744. The maximum Gasteiger partial charge on any atom is 0.0544 e. The Labute approximate surface area is 107 Å². The Kier molecular flexibility index (Phi) is 6.50. The highest BCUT2D eigenvalue weighted by molar-refractivity contribution is 4.82. The molecule has 0 aromatic rings. The molecule has 2 nitrogen and oxygen atoms in total. The molecular weight excluding hydrogens is 212 g/mol. The summed E-state index contributed by atoms with van der Waals surface area (Å²) in [5, 5.41) is 0. The summed E-state index contributed by atoms with van der Waals surface area (Å²) in [4.78, 5) is 0. The van der Waals surface area contributed by atoms with Gasteiger partial charge in [-0.2, -0.15) is 0 Å². The fraction of sp³-hybridized carbons (Fsp3) is 1.00. The number of hydrogen-bond donors (Lipinski definition) is 0. The molecule has 0 amide bonds. The molecule has 0 unspecified atom stereocenters. The van der Waals surface area contributed by atoms with Crippen LogP contribution < -0.4 is 0 Å². The van der Waals surface area contributed by atoms with Gasteiger partial charge in [0.25, 0.3) is 0 Å². The van der Waals surface area contributed by atoms with Crippen molar-refractivity contribution in [3.8, 4) is 0 Å². The highest BCUT2D eigenvalue weighted by Gasteiger charge is 2.33. The number of hydrogen-bond acceptors (Lipinski definition) is 2. The molecule has 0 saturated carbocycles. The predicted molar refractivity (Wildman–Crippen MR) is 72.2 cm³/mol. The molecule has 0 N–H and O–H groups in total. The maximum absolute atomic E-state index is 5.89. The lowest BCUT2D eigenvalue weighted by atomic mass is 9.75. The van der Waals surface area contributed by atoms with E-state index in [1.807, 2.05) is 0 Å². The molecule has 17 heavy (non-hydrogen) atoms. The number of ether oxygens (including phenoxy) is 2. The third-order valence-electron chi connectivity index (χ3n) is 3.33. The molecule has 1 heterocycles. The van der Waals surface area contributed by atoms with Crippen molar-refractivity contribution in [1.82, 2.24) is 0 Å². The molecule has 2 heteroatoms. The minimum atomic E-state index is 0.243. The van der Waals surface area contributed by atoms with Gasteiger partial charge in [0.05, 0.1) is 13.2 Å². The minimum Gasteiger partial charge on any atom is -0.381 e. The van der Waals surface area contributed by atoms with Gasteiger partial charge in [-0.1, -0.05) is 27.7 Å². The fourth-order valence-corrected chi connectivity index (χ4v) is 3.08. The first-order valence-corrected chi connectivity index (χ1v) is 7.19. The maximum atomic E-state index is 5.89. The summed E-state index contributed by atoms with van der Waals surface area (Å²) in [5.41, 5.74) is 0.243. The van der Waals surface area contributed by atoms with E-state index in [1.165, 1.54) is 12.8 Å². The zero-order valence-corrected chi connectivity index (χ0v) is 12.1. The van der Waals surface area contributed by atoms with Gasteiger partial charge in [0.15, 0.2) is 0 Å². The molecule has 102 valence electrons. The van der Waals surface area contributed by atoms with Gasteiger partial charge in [-0.3, -0.25) is 0 Å². The second-order valence-corrected chi connectivity index (χ2v) is 6.51. The van der Waals surface area contributed by atoms with Crippen molar-refractivity contribution in [3.63, 3.8) is 0 Å². The van der Waals surface area contributed by atoms with E-state index in [1.54, 1.807) is 0 Å². The van der Waals surface area contributed by atoms with Gasteiger partial charge in [-0.05, 0) is 37.5 Å². The largest absolute Gasteiger partial charge is 0.381 e. The SMILES string of the molecule is CC(C)CC1(CC(C)C)COCCCCOC1. The van der Waals surface area contributed by atoms with E-state index in [0.717, 1.165) is 39.3 Å². The molecule has 0 spiro atoms. The van der Waals surface area contributed by atoms with Crippen molar-refractivity contribution >= 4 is 0 Å². The molecule has 1 aliphatic heterocycles. The Bertz CT molecular complexity index is 177. The standard InChI is InChI=1S/C15H30O2/c1-13(2)9-15(10-14(3)4)11-16-7-5-6-8-17-12-15/h13-14H,5-12H2,1-4H3. The summed E-state index contributed by atoms with van der Waals surface area (Å²) < 4.78 is 11.8. The molecule has 0 aliphatic carbocycles. The van der Waals surface area contributed by atoms with Crippen LogP contribution in [0.15, 0.2) is 0 Å². The zero-order valence-electron chi connectivity index (χ0n) is 12.1. The second-order valence-electron chi connectivity index (χ2n) is 6.51. The van der Waals surface area contributed by atoms with E-state index in [-0.39, 0.29) is 5.41 Å². The van der Waals surface area contributed by atoms with Crippen LogP contribution in [0.25, 0.3) is 0 Å². The van der Waals surface area contributed by atoms with Gasteiger partial charge >= 0.3 is 0 Å². The van der Waals surface area contributed by atoms with Gasteiger partial charge in [0.2, 0.25) is 0 Å². The van der Waals surface area contributed by atoms with Crippen LogP contribution in [0.3, 0.4) is 0 Å². The fourth-order valence-electron chi connectivity index (χ4n) is 3.08. The normalized spacial score (nSPS) is 22.2. The lowest BCUT2D eigenvalue weighted by Crippen LogP contribution is -2.35. The Morgan fingerprint density at radius 2 is 1.24 bits per heavy atom. The van der Waals surface area contributed by atoms with Crippen molar-refractivity contribution in [3.05, 3.63) is 0 Å². The Hall–Kier alpha value is -0.0800. The molecule has 1 rings (SSSR count). The van der Waals surface area contributed by atoms with Crippen molar-refractivity contribution < 1.29 is 9.47 Å². The average Bonchev–Trinajstić information content (AvgIpc) is 2.28. The van der Waals surface area contributed by atoms with Crippen LogP contribution in [0.1, 0.15) is 53.4 Å².